The lowest BCUT2D eigenvalue weighted by molar-refractivity contribution is 0.0647. The fraction of sp³-hybridized carbons (Fsp3) is 0.500. The normalized spacial score (nSPS) is 27.8. The third-order valence-corrected chi connectivity index (χ3v) is 3.72. The number of aryl methyl sites for hydroxylation is 1. The van der Waals surface area contributed by atoms with Crippen LogP contribution in [0, 0.1) is 6.92 Å². The quantitative estimate of drug-likeness (QED) is 0.740. The third kappa shape index (κ3) is 1.58. The van der Waals surface area contributed by atoms with E-state index in [2.05, 4.69) is 4.98 Å². The van der Waals surface area contributed by atoms with Crippen LogP contribution in [0.15, 0.2) is 18.5 Å². The number of aliphatic hydroxyl groups is 1. The molecule has 2 rings (SSSR count). The maximum Gasteiger partial charge on any atom is 0.101 e. The highest BCUT2D eigenvalue weighted by molar-refractivity contribution is 7.99. The Kier molecular flexibility index (Phi) is 2.30. The molecule has 2 nitrogen and oxygen atoms in total. The highest BCUT2D eigenvalue weighted by Crippen LogP contribution is 2.37. The molecule has 1 N–H and O–H groups in total. The molecule has 0 amide bonds. The van der Waals surface area contributed by atoms with Gasteiger partial charge in [0.15, 0.2) is 0 Å². The van der Waals surface area contributed by atoms with Crippen LogP contribution in [-0.4, -0.2) is 21.6 Å². The Bertz CT molecular complexity index is 308. The molecule has 0 saturated carbocycles. The van der Waals surface area contributed by atoms with Gasteiger partial charge in [-0.25, -0.2) is 0 Å². The van der Waals surface area contributed by atoms with E-state index in [1.54, 1.807) is 24.2 Å². The molecule has 3 heteroatoms. The highest BCUT2D eigenvalue weighted by Gasteiger charge is 2.34. The Labute approximate surface area is 82.4 Å². The summed E-state index contributed by atoms with van der Waals surface area (Å²) in [5.74, 6) is 1.85. The van der Waals surface area contributed by atoms with Crippen LogP contribution in [0.25, 0.3) is 0 Å². The van der Waals surface area contributed by atoms with Gasteiger partial charge in [-0.15, -0.1) is 0 Å². The monoisotopic (exact) mass is 195 g/mol. The second-order valence-corrected chi connectivity index (χ2v) is 4.63. The number of aromatic nitrogens is 1. The van der Waals surface area contributed by atoms with E-state index in [0.29, 0.717) is 0 Å². The second kappa shape index (κ2) is 3.31. The van der Waals surface area contributed by atoms with Crippen LogP contribution in [0.3, 0.4) is 0 Å². The molecule has 70 valence electrons. The molecular formula is C10H13NOS. The number of nitrogens with zero attached hydrogens (tertiary/aromatic N) is 1. The van der Waals surface area contributed by atoms with Gasteiger partial charge >= 0.3 is 0 Å². The van der Waals surface area contributed by atoms with E-state index in [1.807, 2.05) is 13.0 Å². The van der Waals surface area contributed by atoms with Crippen LogP contribution in [-0.2, 0) is 5.60 Å². The maximum absolute atomic E-state index is 10.3. The molecule has 1 unspecified atom stereocenters. The van der Waals surface area contributed by atoms with Crippen molar-refractivity contribution in [1.82, 2.24) is 4.98 Å². The molecule has 1 fully saturated rings. The molecule has 0 spiro atoms. The minimum absolute atomic E-state index is 0.622. The standard InChI is InChI=1S/C10H13NOS/c1-8-2-4-11-6-9(8)10(12)3-5-13-7-10/h2,4,6,12H,3,5,7H2,1H3. The number of pyridine rings is 1. The van der Waals surface area contributed by atoms with Gasteiger partial charge < -0.3 is 5.11 Å². The van der Waals surface area contributed by atoms with Gasteiger partial charge in [-0.05, 0) is 30.7 Å². The average Bonchev–Trinajstić information content (AvgIpc) is 2.54. The van der Waals surface area contributed by atoms with Gasteiger partial charge in [0.2, 0.25) is 0 Å². The molecule has 1 aromatic rings. The molecule has 1 aromatic heterocycles. The molecule has 2 heterocycles. The first-order valence-electron chi connectivity index (χ1n) is 4.44. The topological polar surface area (TPSA) is 33.1 Å². The van der Waals surface area contributed by atoms with Crippen molar-refractivity contribution in [2.45, 2.75) is 18.9 Å². The number of hydrogen-bond acceptors (Lipinski definition) is 3. The van der Waals surface area contributed by atoms with Crippen LogP contribution < -0.4 is 0 Å². The van der Waals surface area contributed by atoms with Crippen molar-refractivity contribution in [2.24, 2.45) is 0 Å². The van der Waals surface area contributed by atoms with Crippen LogP contribution in [0.1, 0.15) is 17.5 Å². The molecular weight excluding hydrogens is 182 g/mol. The fourth-order valence-corrected chi connectivity index (χ4v) is 2.98. The van der Waals surface area contributed by atoms with E-state index in [9.17, 15) is 5.11 Å². The Hall–Kier alpha value is -0.540. The average molecular weight is 195 g/mol. The summed E-state index contributed by atoms with van der Waals surface area (Å²) in [5.41, 5.74) is 1.52. The summed E-state index contributed by atoms with van der Waals surface area (Å²) in [5, 5.41) is 10.3. The van der Waals surface area contributed by atoms with Crippen molar-refractivity contribution in [3.8, 4) is 0 Å². The molecule has 0 aliphatic carbocycles. The molecule has 0 aromatic carbocycles. The van der Waals surface area contributed by atoms with Gasteiger partial charge in [0, 0.05) is 23.7 Å². The Morgan fingerprint density at radius 3 is 3.08 bits per heavy atom. The first-order chi connectivity index (χ1) is 6.22. The van der Waals surface area contributed by atoms with Crippen molar-refractivity contribution in [2.75, 3.05) is 11.5 Å². The molecule has 0 bridgehead atoms. The van der Waals surface area contributed by atoms with E-state index in [0.717, 1.165) is 29.1 Å². The summed E-state index contributed by atoms with van der Waals surface area (Å²) >= 11 is 1.81. The summed E-state index contributed by atoms with van der Waals surface area (Å²) in [7, 11) is 0. The van der Waals surface area contributed by atoms with Gasteiger partial charge in [0.1, 0.15) is 5.60 Å². The van der Waals surface area contributed by atoms with Crippen molar-refractivity contribution < 1.29 is 5.11 Å². The lowest BCUT2D eigenvalue weighted by atomic mass is 9.91. The van der Waals surface area contributed by atoms with Gasteiger partial charge in [-0.3, -0.25) is 4.98 Å². The molecule has 1 aliphatic heterocycles. The van der Waals surface area contributed by atoms with Gasteiger partial charge in [-0.2, -0.15) is 11.8 Å². The lowest BCUT2D eigenvalue weighted by Crippen LogP contribution is -2.26. The SMILES string of the molecule is Cc1ccncc1C1(O)CCSC1. The van der Waals surface area contributed by atoms with Crippen LogP contribution in [0.4, 0.5) is 0 Å². The minimum Gasteiger partial charge on any atom is -0.384 e. The minimum atomic E-state index is -0.622. The summed E-state index contributed by atoms with van der Waals surface area (Å²) in [6.07, 6.45) is 4.41. The summed E-state index contributed by atoms with van der Waals surface area (Å²) < 4.78 is 0. The van der Waals surface area contributed by atoms with Gasteiger partial charge in [0.05, 0.1) is 0 Å². The second-order valence-electron chi connectivity index (χ2n) is 3.52. The van der Waals surface area contributed by atoms with E-state index in [4.69, 9.17) is 0 Å². The molecule has 1 saturated heterocycles. The van der Waals surface area contributed by atoms with E-state index in [1.165, 1.54) is 0 Å². The van der Waals surface area contributed by atoms with E-state index in [-0.39, 0.29) is 0 Å². The Balaban J connectivity index is 2.39. The van der Waals surface area contributed by atoms with Gasteiger partial charge in [0.25, 0.3) is 0 Å². The van der Waals surface area contributed by atoms with Crippen LogP contribution >= 0.6 is 11.8 Å². The summed E-state index contributed by atoms with van der Waals surface area (Å²) in [6, 6.07) is 1.95. The first-order valence-corrected chi connectivity index (χ1v) is 5.59. The van der Waals surface area contributed by atoms with Crippen molar-refractivity contribution in [1.29, 1.82) is 0 Å². The van der Waals surface area contributed by atoms with Crippen molar-refractivity contribution in [3.63, 3.8) is 0 Å². The van der Waals surface area contributed by atoms with E-state index < -0.39 is 5.60 Å². The number of hydrogen-bond donors (Lipinski definition) is 1. The Morgan fingerprint density at radius 1 is 1.62 bits per heavy atom. The Morgan fingerprint density at radius 2 is 2.46 bits per heavy atom. The maximum atomic E-state index is 10.3. The smallest absolute Gasteiger partial charge is 0.101 e. The third-order valence-electron chi connectivity index (χ3n) is 2.54. The lowest BCUT2D eigenvalue weighted by Gasteiger charge is -2.23. The molecule has 13 heavy (non-hydrogen) atoms. The van der Waals surface area contributed by atoms with E-state index >= 15 is 0 Å². The van der Waals surface area contributed by atoms with Crippen LogP contribution in [0.5, 0.6) is 0 Å². The van der Waals surface area contributed by atoms with Gasteiger partial charge in [-0.1, -0.05) is 0 Å². The molecule has 1 aliphatic rings. The molecule has 0 radical (unpaired) electrons. The predicted molar refractivity (Wildman–Crippen MR) is 54.8 cm³/mol. The molecule has 1 atom stereocenters. The zero-order valence-electron chi connectivity index (χ0n) is 7.66. The first kappa shape index (κ1) is 9.03. The number of rotatable bonds is 1. The largest absolute Gasteiger partial charge is 0.384 e. The zero-order chi connectivity index (χ0) is 9.31. The predicted octanol–water partition coefficient (Wildman–Crippen LogP) is 1.71. The zero-order valence-corrected chi connectivity index (χ0v) is 8.47. The van der Waals surface area contributed by atoms with Crippen molar-refractivity contribution in [3.05, 3.63) is 29.6 Å². The highest BCUT2D eigenvalue weighted by atomic mass is 32.2. The fourth-order valence-electron chi connectivity index (χ4n) is 1.72. The number of thioether (sulfide) groups is 1. The summed E-state index contributed by atoms with van der Waals surface area (Å²) in [6.45, 7) is 2.03. The van der Waals surface area contributed by atoms with Crippen molar-refractivity contribution >= 4 is 11.8 Å². The van der Waals surface area contributed by atoms with Crippen LogP contribution in [0.2, 0.25) is 0 Å². The summed E-state index contributed by atoms with van der Waals surface area (Å²) in [4.78, 5) is 4.07.